The summed E-state index contributed by atoms with van der Waals surface area (Å²) in [5.41, 5.74) is 0.681. The molecular weight excluding hydrogens is 251 g/mol. The minimum Gasteiger partial charge on any atom is -0.0654 e. The third-order valence-corrected chi connectivity index (χ3v) is 8.67. The second-order valence-electron chi connectivity index (χ2n) is 9.67. The summed E-state index contributed by atoms with van der Waals surface area (Å²) in [5, 5.41) is 0. The van der Waals surface area contributed by atoms with E-state index in [9.17, 15) is 0 Å². The Bertz CT molecular complexity index is 365. The summed E-state index contributed by atoms with van der Waals surface area (Å²) in [6, 6.07) is 0. The lowest BCUT2D eigenvalue weighted by Gasteiger charge is -2.65. The normalized spacial score (nSPS) is 47.9. The molecule has 4 atom stereocenters. The topological polar surface area (TPSA) is 0 Å². The van der Waals surface area contributed by atoms with Crippen LogP contribution in [0.5, 0.6) is 0 Å². The third-order valence-electron chi connectivity index (χ3n) is 8.67. The van der Waals surface area contributed by atoms with E-state index >= 15 is 0 Å². The van der Waals surface area contributed by atoms with Gasteiger partial charge < -0.3 is 0 Å². The second kappa shape index (κ2) is 5.31. The fourth-order valence-corrected chi connectivity index (χ4v) is 7.60. The van der Waals surface area contributed by atoms with Gasteiger partial charge in [0.15, 0.2) is 0 Å². The molecule has 2 saturated heterocycles. The van der Waals surface area contributed by atoms with Gasteiger partial charge in [0.25, 0.3) is 0 Å². The number of rotatable bonds is 3. The quantitative estimate of drug-likeness (QED) is 0.523. The fraction of sp³-hybridized carbons (Fsp3) is 1.00. The fourth-order valence-electron chi connectivity index (χ4n) is 7.60. The molecule has 5 aliphatic rings. The van der Waals surface area contributed by atoms with Crippen molar-refractivity contribution in [2.75, 3.05) is 0 Å². The maximum atomic E-state index is 2.59. The average molecular weight is 286 g/mol. The maximum absolute atomic E-state index is 2.59. The maximum Gasteiger partial charge on any atom is 0.149 e. The van der Waals surface area contributed by atoms with Crippen molar-refractivity contribution in [2.24, 2.45) is 23.2 Å². The molecule has 0 aromatic heterocycles. The molecular formula is C20H35B. The summed E-state index contributed by atoms with van der Waals surface area (Å²) in [4.78, 5) is 0. The van der Waals surface area contributed by atoms with Gasteiger partial charge in [0.05, 0.1) is 0 Å². The molecule has 1 heteroatoms. The molecule has 0 spiro atoms. The molecule has 2 aliphatic heterocycles. The SMILES string of the molecule is CCC[C@@H]1C2CC(C[C@H]1B1C3CCCC1CCC3)C2(C)C. The van der Waals surface area contributed by atoms with Gasteiger partial charge in [-0.15, -0.1) is 0 Å². The van der Waals surface area contributed by atoms with Gasteiger partial charge in [-0.05, 0) is 29.6 Å². The summed E-state index contributed by atoms with van der Waals surface area (Å²) >= 11 is 0. The standard InChI is InChI=1S/C20H35B/c1-4-7-17-18-12-14(20(18,2)3)13-19(17)21-15-8-5-9-16(21)11-6-10-15/h14-19H,4-13H2,1-3H3/t14?,15?,16?,17-,18?,19-/m1/s1. The van der Waals surface area contributed by atoms with E-state index in [1.54, 1.807) is 51.4 Å². The first-order chi connectivity index (χ1) is 10.1. The minimum absolute atomic E-state index is 0.681. The largest absolute Gasteiger partial charge is 0.149 e. The van der Waals surface area contributed by atoms with Crippen LogP contribution < -0.4 is 0 Å². The number of fused-ring (bicyclic) bond motifs is 5. The van der Waals surface area contributed by atoms with Crippen molar-refractivity contribution in [3.05, 3.63) is 0 Å². The first-order valence-corrected chi connectivity index (χ1v) is 10.1. The molecule has 0 amide bonds. The highest BCUT2D eigenvalue weighted by molar-refractivity contribution is 6.64. The molecule has 0 aromatic rings. The van der Waals surface area contributed by atoms with Crippen LogP contribution in [0.2, 0.25) is 17.5 Å². The molecule has 5 rings (SSSR count). The number of hydrogen-bond acceptors (Lipinski definition) is 0. The van der Waals surface area contributed by atoms with E-state index in [4.69, 9.17) is 0 Å². The first kappa shape index (κ1) is 14.6. The Morgan fingerprint density at radius 2 is 1.57 bits per heavy atom. The van der Waals surface area contributed by atoms with Gasteiger partial charge in [-0.1, -0.05) is 96.0 Å². The first-order valence-electron chi connectivity index (χ1n) is 10.1. The lowest BCUT2D eigenvalue weighted by molar-refractivity contribution is -0.107. The Hall–Kier alpha value is 0.0649. The summed E-state index contributed by atoms with van der Waals surface area (Å²) < 4.78 is 0. The Morgan fingerprint density at radius 1 is 0.952 bits per heavy atom. The van der Waals surface area contributed by atoms with Gasteiger partial charge in [0.2, 0.25) is 0 Å². The third kappa shape index (κ3) is 2.16. The Kier molecular flexibility index (Phi) is 3.70. The molecule has 5 fully saturated rings. The molecule has 4 bridgehead atoms. The van der Waals surface area contributed by atoms with Gasteiger partial charge >= 0.3 is 0 Å². The van der Waals surface area contributed by atoms with Crippen LogP contribution >= 0.6 is 0 Å². The summed E-state index contributed by atoms with van der Waals surface area (Å²) in [5.74, 6) is 6.61. The monoisotopic (exact) mass is 286 g/mol. The van der Waals surface area contributed by atoms with Crippen molar-refractivity contribution in [3.8, 4) is 0 Å². The predicted octanol–water partition coefficient (Wildman–Crippen LogP) is 6.44. The van der Waals surface area contributed by atoms with Crippen LogP contribution in [0.25, 0.3) is 0 Å². The van der Waals surface area contributed by atoms with E-state index in [2.05, 4.69) is 20.8 Å². The van der Waals surface area contributed by atoms with E-state index < -0.39 is 0 Å². The van der Waals surface area contributed by atoms with Crippen molar-refractivity contribution in [1.82, 2.24) is 0 Å². The highest BCUT2D eigenvalue weighted by Gasteiger charge is 2.60. The van der Waals surface area contributed by atoms with Gasteiger partial charge in [-0.25, -0.2) is 0 Å². The zero-order valence-corrected chi connectivity index (χ0v) is 14.6. The van der Waals surface area contributed by atoms with E-state index in [-0.39, 0.29) is 0 Å². The van der Waals surface area contributed by atoms with Crippen LogP contribution in [0.15, 0.2) is 0 Å². The predicted molar refractivity (Wildman–Crippen MR) is 93.1 cm³/mol. The molecule has 3 aliphatic carbocycles. The van der Waals surface area contributed by atoms with Gasteiger partial charge in [-0.3, -0.25) is 0 Å². The van der Waals surface area contributed by atoms with E-state index in [1.807, 2.05) is 0 Å². The Labute approximate surface area is 132 Å². The van der Waals surface area contributed by atoms with Crippen LogP contribution in [-0.2, 0) is 0 Å². The Morgan fingerprint density at radius 3 is 2.10 bits per heavy atom. The van der Waals surface area contributed by atoms with Gasteiger partial charge in [0, 0.05) is 0 Å². The van der Waals surface area contributed by atoms with E-state index in [0.717, 1.165) is 41.9 Å². The molecule has 3 saturated carbocycles. The van der Waals surface area contributed by atoms with Crippen molar-refractivity contribution >= 4 is 6.71 Å². The van der Waals surface area contributed by atoms with Gasteiger partial charge in [-0.2, -0.15) is 0 Å². The molecule has 2 heterocycles. The highest BCUT2D eigenvalue weighted by Crippen LogP contribution is 2.68. The number of hydrogen-bond donors (Lipinski definition) is 0. The van der Waals surface area contributed by atoms with Crippen molar-refractivity contribution in [3.63, 3.8) is 0 Å². The van der Waals surface area contributed by atoms with Crippen molar-refractivity contribution < 1.29 is 0 Å². The lowest BCUT2D eigenvalue weighted by atomic mass is 9.18. The van der Waals surface area contributed by atoms with Crippen LogP contribution in [-0.4, -0.2) is 6.71 Å². The molecule has 2 unspecified atom stereocenters. The van der Waals surface area contributed by atoms with Crippen molar-refractivity contribution in [1.29, 1.82) is 0 Å². The Balaban J connectivity index is 1.59. The van der Waals surface area contributed by atoms with Crippen LogP contribution in [0.3, 0.4) is 0 Å². The smallest absolute Gasteiger partial charge is 0.0654 e. The molecule has 21 heavy (non-hydrogen) atoms. The average Bonchev–Trinajstić information content (AvgIpc) is 2.46. The van der Waals surface area contributed by atoms with Crippen LogP contribution in [0, 0.1) is 23.2 Å². The summed E-state index contributed by atoms with van der Waals surface area (Å²) in [7, 11) is 0. The van der Waals surface area contributed by atoms with Crippen LogP contribution in [0.1, 0.15) is 85.0 Å². The zero-order valence-electron chi connectivity index (χ0n) is 14.6. The molecule has 0 radical (unpaired) electrons. The molecule has 0 N–H and O–H groups in total. The molecule has 0 nitrogen and oxygen atoms in total. The highest BCUT2D eigenvalue weighted by atomic mass is 14.6. The van der Waals surface area contributed by atoms with Crippen molar-refractivity contribution in [2.45, 2.75) is 102 Å². The second-order valence-corrected chi connectivity index (χ2v) is 9.67. The zero-order chi connectivity index (χ0) is 14.6. The lowest BCUT2D eigenvalue weighted by Crippen LogP contribution is -2.58. The van der Waals surface area contributed by atoms with E-state index in [0.29, 0.717) is 5.41 Å². The summed E-state index contributed by atoms with van der Waals surface area (Å²) in [6.07, 6.45) is 15.5. The van der Waals surface area contributed by atoms with Gasteiger partial charge in [0.1, 0.15) is 6.71 Å². The van der Waals surface area contributed by atoms with Crippen LogP contribution in [0.4, 0.5) is 0 Å². The molecule has 118 valence electrons. The summed E-state index contributed by atoms with van der Waals surface area (Å²) in [6.45, 7) is 8.75. The molecule has 0 aromatic carbocycles. The minimum atomic E-state index is 0.681. The van der Waals surface area contributed by atoms with E-state index in [1.165, 1.54) is 12.8 Å².